The first-order valence-corrected chi connectivity index (χ1v) is 9.24. The number of carbonyl (C=O) groups is 3. The zero-order chi connectivity index (χ0) is 21.2. The lowest BCUT2D eigenvalue weighted by Gasteiger charge is -2.29. The van der Waals surface area contributed by atoms with Gasteiger partial charge in [0, 0.05) is 18.9 Å². The molecule has 1 fully saturated rings. The second kappa shape index (κ2) is 7.90. The van der Waals surface area contributed by atoms with E-state index in [1.165, 1.54) is 13.0 Å². The molecule has 8 nitrogen and oxygen atoms in total. The molecule has 0 radical (unpaired) electrons. The molecule has 0 unspecified atom stereocenters. The van der Waals surface area contributed by atoms with Gasteiger partial charge in [-0.2, -0.15) is 0 Å². The van der Waals surface area contributed by atoms with Crippen LogP contribution in [0.15, 0.2) is 36.4 Å². The number of rotatable bonds is 5. The van der Waals surface area contributed by atoms with Crippen molar-refractivity contribution in [1.82, 2.24) is 9.88 Å². The zero-order valence-electron chi connectivity index (χ0n) is 16.2. The fourth-order valence-electron chi connectivity index (χ4n) is 3.60. The van der Waals surface area contributed by atoms with E-state index in [0.717, 1.165) is 10.3 Å². The van der Waals surface area contributed by atoms with E-state index in [2.05, 4.69) is 4.98 Å². The number of carboxylic acid groups (broad SMARTS) is 2. The fourth-order valence-corrected chi connectivity index (χ4v) is 3.60. The van der Waals surface area contributed by atoms with Gasteiger partial charge in [0.05, 0.1) is 11.2 Å². The topological polar surface area (TPSA) is 117 Å². The summed E-state index contributed by atoms with van der Waals surface area (Å²) >= 11 is 0. The third kappa shape index (κ3) is 4.06. The maximum atomic E-state index is 11.9. The molecule has 0 saturated carbocycles. The number of nitrogens with zero attached hydrogens (tertiary/aromatic N) is 2. The highest BCUT2D eigenvalue weighted by atomic mass is 16.5. The average Bonchev–Trinajstić information content (AvgIpc) is 3.11. The first kappa shape index (κ1) is 20.3. The Morgan fingerprint density at radius 2 is 1.97 bits per heavy atom. The summed E-state index contributed by atoms with van der Waals surface area (Å²) in [6.45, 7) is 3.25. The lowest BCUT2D eigenvalue weighted by Crippen LogP contribution is -2.51. The van der Waals surface area contributed by atoms with Crippen LogP contribution in [0.25, 0.3) is 17.0 Å². The number of carbonyl (C=O) groups excluding carboxylic acids is 1. The Labute approximate surface area is 167 Å². The summed E-state index contributed by atoms with van der Waals surface area (Å²) in [5, 5.41) is 19.9. The summed E-state index contributed by atoms with van der Waals surface area (Å²) in [7, 11) is 0. The van der Waals surface area contributed by atoms with Gasteiger partial charge in [0.2, 0.25) is 0 Å². The Bertz CT molecular complexity index is 1000. The van der Waals surface area contributed by atoms with Gasteiger partial charge in [-0.05, 0) is 43.5 Å². The van der Waals surface area contributed by atoms with Crippen molar-refractivity contribution >= 4 is 35.0 Å². The van der Waals surface area contributed by atoms with Crippen molar-refractivity contribution in [2.24, 2.45) is 0 Å². The number of aliphatic carboxylic acids is 1. The van der Waals surface area contributed by atoms with Gasteiger partial charge in [-0.3, -0.25) is 9.69 Å². The fraction of sp³-hybridized carbons (Fsp3) is 0.333. The molecule has 29 heavy (non-hydrogen) atoms. The molecule has 1 aliphatic rings. The molecule has 1 aliphatic heterocycles. The summed E-state index contributed by atoms with van der Waals surface area (Å²) in [4.78, 5) is 40.0. The van der Waals surface area contributed by atoms with Crippen molar-refractivity contribution in [2.75, 3.05) is 6.54 Å². The maximum Gasteiger partial charge on any atom is 0.408 e. The van der Waals surface area contributed by atoms with E-state index in [4.69, 9.17) is 4.74 Å². The van der Waals surface area contributed by atoms with E-state index in [-0.39, 0.29) is 13.0 Å². The van der Waals surface area contributed by atoms with Gasteiger partial charge in [-0.1, -0.05) is 24.3 Å². The van der Waals surface area contributed by atoms with E-state index in [0.29, 0.717) is 23.2 Å². The molecule has 0 bridgehead atoms. The number of pyridine rings is 1. The minimum Gasteiger partial charge on any atom is -0.479 e. The van der Waals surface area contributed by atoms with Crippen molar-refractivity contribution in [3.05, 3.63) is 47.7 Å². The van der Waals surface area contributed by atoms with Crippen LogP contribution in [0.1, 0.15) is 44.1 Å². The van der Waals surface area contributed by atoms with Crippen LogP contribution < -0.4 is 0 Å². The van der Waals surface area contributed by atoms with Gasteiger partial charge in [-0.25, -0.2) is 14.6 Å². The highest BCUT2D eigenvalue weighted by molar-refractivity contribution is 5.89. The molecule has 1 aromatic heterocycles. The van der Waals surface area contributed by atoms with Crippen molar-refractivity contribution < 1.29 is 29.3 Å². The summed E-state index contributed by atoms with van der Waals surface area (Å²) in [5.74, 6) is -1.58. The molecule has 1 amide bonds. The second-order valence-electron chi connectivity index (χ2n) is 7.04. The van der Waals surface area contributed by atoms with Crippen molar-refractivity contribution in [3.63, 3.8) is 0 Å². The minimum atomic E-state index is -1.57. The van der Waals surface area contributed by atoms with Gasteiger partial charge in [0.15, 0.2) is 5.54 Å². The van der Waals surface area contributed by atoms with Gasteiger partial charge in [0.25, 0.3) is 0 Å². The monoisotopic (exact) mass is 398 g/mol. The molecule has 0 aliphatic carbocycles. The Kier molecular flexibility index (Phi) is 5.54. The number of esters is 1. The lowest BCUT2D eigenvalue weighted by molar-refractivity contribution is -0.146. The molecule has 2 heterocycles. The standard InChI is InChI=1S/C21H22N2O6/c1-13(29-14(2)24)17-7-6-16-5-4-15(12-18(16)22-17)8-10-21(19(25)26)9-3-11-23(21)20(27)28/h4-8,10,12-13H,3,9,11H2,1-2H3,(H,25,26)(H,27,28)/b10-8+/t13-,21+/m1/s1. The highest BCUT2D eigenvalue weighted by Gasteiger charge is 2.48. The lowest BCUT2D eigenvalue weighted by atomic mass is 9.94. The molecule has 1 saturated heterocycles. The molecule has 2 aromatic rings. The molecule has 152 valence electrons. The van der Waals surface area contributed by atoms with Crippen molar-refractivity contribution in [3.8, 4) is 0 Å². The Morgan fingerprint density at radius 3 is 2.62 bits per heavy atom. The highest BCUT2D eigenvalue weighted by Crippen LogP contribution is 2.32. The number of likely N-dealkylation sites (tertiary alicyclic amines) is 1. The zero-order valence-corrected chi connectivity index (χ0v) is 16.2. The van der Waals surface area contributed by atoms with Crippen LogP contribution >= 0.6 is 0 Å². The average molecular weight is 398 g/mol. The van der Waals surface area contributed by atoms with Crippen LogP contribution in [0.5, 0.6) is 0 Å². The minimum absolute atomic E-state index is 0.183. The first-order valence-electron chi connectivity index (χ1n) is 9.24. The number of benzene rings is 1. The number of ether oxygens (including phenoxy) is 1. The third-order valence-electron chi connectivity index (χ3n) is 5.07. The van der Waals surface area contributed by atoms with E-state index in [9.17, 15) is 24.6 Å². The molecular weight excluding hydrogens is 376 g/mol. The number of fused-ring (bicyclic) bond motifs is 1. The van der Waals surface area contributed by atoms with E-state index >= 15 is 0 Å². The van der Waals surface area contributed by atoms with Gasteiger partial charge >= 0.3 is 18.0 Å². The van der Waals surface area contributed by atoms with Gasteiger partial charge in [-0.15, -0.1) is 0 Å². The molecule has 1 aromatic carbocycles. The molecule has 2 atom stereocenters. The van der Waals surface area contributed by atoms with Crippen LogP contribution in [0.3, 0.4) is 0 Å². The second-order valence-corrected chi connectivity index (χ2v) is 7.04. The van der Waals surface area contributed by atoms with Crippen molar-refractivity contribution in [1.29, 1.82) is 0 Å². The van der Waals surface area contributed by atoms with Crippen LogP contribution in [0.2, 0.25) is 0 Å². The smallest absolute Gasteiger partial charge is 0.408 e. The van der Waals surface area contributed by atoms with Crippen LogP contribution in [-0.4, -0.2) is 50.2 Å². The van der Waals surface area contributed by atoms with Gasteiger partial charge in [0.1, 0.15) is 6.10 Å². The summed E-state index contributed by atoms with van der Waals surface area (Å²) in [6, 6.07) is 9.09. The van der Waals surface area contributed by atoms with E-state index in [1.807, 2.05) is 18.2 Å². The molecular formula is C21H22N2O6. The Hall–Kier alpha value is -3.42. The van der Waals surface area contributed by atoms with Crippen LogP contribution in [-0.2, 0) is 14.3 Å². The number of amides is 1. The SMILES string of the molecule is CC(=O)O[C@H](C)c1ccc2ccc(/C=C/[C@]3(C(=O)O)CCCN3C(=O)O)cc2n1. The molecule has 0 spiro atoms. The summed E-state index contributed by atoms with van der Waals surface area (Å²) < 4.78 is 5.16. The van der Waals surface area contributed by atoms with Crippen LogP contribution in [0.4, 0.5) is 4.79 Å². The largest absolute Gasteiger partial charge is 0.479 e. The number of aromatic nitrogens is 1. The normalized spacial score (nSPS) is 20.1. The molecule has 8 heteroatoms. The molecule has 3 rings (SSSR count). The predicted octanol–water partition coefficient (Wildman–Crippen LogP) is 3.47. The predicted molar refractivity (Wildman–Crippen MR) is 105 cm³/mol. The number of carboxylic acids is 1. The maximum absolute atomic E-state index is 11.9. The van der Waals surface area contributed by atoms with E-state index < -0.39 is 29.7 Å². The summed E-state index contributed by atoms with van der Waals surface area (Å²) in [6.07, 6.45) is 2.01. The Balaban J connectivity index is 1.94. The van der Waals surface area contributed by atoms with Crippen molar-refractivity contribution in [2.45, 2.75) is 38.3 Å². The van der Waals surface area contributed by atoms with E-state index in [1.54, 1.807) is 25.1 Å². The number of hydrogen-bond donors (Lipinski definition) is 2. The van der Waals surface area contributed by atoms with Crippen LogP contribution in [0, 0.1) is 0 Å². The van der Waals surface area contributed by atoms with Gasteiger partial charge < -0.3 is 14.9 Å². The summed E-state index contributed by atoms with van der Waals surface area (Å²) in [5.41, 5.74) is 0.387. The number of hydrogen-bond acceptors (Lipinski definition) is 5. The molecule has 2 N–H and O–H groups in total. The first-order chi connectivity index (χ1) is 13.7. The quantitative estimate of drug-likeness (QED) is 0.741. The third-order valence-corrected chi connectivity index (χ3v) is 5.07. The Morgan fingerprint density at radius 1 is 1.24 bits per heavy atom.